The van der Waals surface area contributed by atoms with E-state index >= 15 is 14.4 Å². The number of aryl methyl sites for hydroxylation is 1. The molecule has 93 heavy (non-hydrogen) atoms. The molecule has 7 rings (SSSR count). The van der Waals surface area contributed by atoms with Crippen molar-refractivity contribution in [2.75, 3.05) is 66.2 Å². The SMILES string of the molecule is CCCNc1c(C(=O)N[C@H]2C(=O)N[C@@H](C(C)C)C(=O)N3CCC[C@H]3C(=O)N(C)CC(=O)N(C)[C@H](C(C)C)C(=O)O[C@H]2C)c2nc3c(C(=O)N[C@@H]4C(=O)N[C@H](C(C)C)C(=O)N5CCC[C@@H]5C(=O)N(C)CC(=O)N(C)[C@@H](C(C)C)C(=O)O[C@@H]4C)ccc(C)c3oc-2c(C)c1=O. The van der Waals surface area contributed by atoms with Crippen LogP contribution < -0.4 is 32.0 Å². The lowest BCUT2D eigenvalue weighted by Gasteiger charge is -2.36. The summed E-state index contributed by atoms with van der Waals surface area (Å²) in [6, 6.07) is -7.77. The second-order valence-electron chi connectivity index (χ2n) is 26.4. The molecule has 5 N–H and O–H groups in total. The number of amides is 10. The summed E-state index contributed by atoms with van der Waals surface area (Å²) in [4.78, 5) is 201. The number of fused-ring (bicyclic) bond motifs is 4. The Morgan fingerprint density at radius 1 is 0.624 bits per heavy atom. The number of nitrogens with one attached hydrogen (secondary N) is 5. The van der Waals surface area contributed by atoms with Crippen molar-refractivity contribution < 1.29 is 71.4 Å². The van der Waals surface area contributed by atoms with Crippen molar-refractivity contribution in [2.45, 2.75) is 183 Å². The molecule has 0 spiro atoms. The number of aromatic nitrogens is 1. The molecule has 0 unspecified atom stereocenters. The quantitative estimate of drug-likeness (QED) is 0.135. The van der Waals surface area contributed by atoms with Gasteiger partial charge in [0.2, 0.25) is 52.7 Å². The maximum Gasteiger partial charge on any atom is 0.329 e. The van der Waals surface area contributed by atoms with Crippen LogP contribution in [-0.2, 0) is 57.4 Å². The van der Waals surface area contributed by atoms with Crippen LogP contribution in [0.2, 0.25) is 0 Å². The van der Waals surface area contributed by atoms with E-state index in [0.717, 1.165) is 9.80 Å². The molecule has 0 saturated carbocycles. The van der Waals surface area contributed by atoms with Crippen LogP contribution in [0.4, 0.5) is 5.69 Å². The highest BCUT2D eigenvalue weighted by molar-refractivity contribution is 6.11. The minimum absolute atomic E-state index is 0.0218. The Morgan fingerprint density at radius 3 is 1.48 bits per heavy atom. The third-order valence-electron chi connectivity index (χ3n) is 18.0. The molecule has 6 aliphatic rings. The van der Waals surface area contributed by atoms with Gasteiger partial charge in [0, 0.05) is 53.4 Å². The van der Waals surface area contributed by atoms with E-state index in [1.165, 1.54) is 80.7 Å². The minimum atomic E-state index is -1.86. The van der Waals surface area contributed by atoms with Gasteiger partial charge in [0.1, 0.15) is 71.8 Å². The fourth-order valence-electron chi connectivity index (χ4n) is 12.7. The first kappa shape index (κ1) is 71.7. The highest BCUT2D eigenvalue weighted by atomic mass is 16.6. The molecule has 1 aliphatic carbocycles. The summed E-state index contributed by atoms with van der Waals surface area (Å²) in [5, 5.41) is 13.9. The van der Waals surface area contributed by atoms with Gasteiger partial charge in [-0.1, -0.05) is 68.4 Å². The molecule has 0 radical (unpaired) electrons. The number of ether oxygens (including phenoxy) is 2. The normalized spacial score (nSPS) is 25.7. The van der Waals surface area contributed by atoms with E-state index in [1.54, 1.807) is 62.3 Å². The smallest absolute Gasteiger partial charge is 0.329 e. The van der Waals surface area contributed by atoms with Crippen molar-refractivity contribution in [1.29, 1.82) is 0 Å². The molecule has 5 heterocycles. The number of carbonyl (C=O) groups is 12. The second-order valence-corrected chi connectivity index (χ2v) is 26.4. The van der Waals surface area contributed by atoms with Crippen LogP contribution >= 0.6 is 0 Å². The number of likely N-dealkylation sites (N-methyl/N-ethyl adjacent to an activating group) is 4. The van der Waals surface area contributed by atoms with Gasteiger partial charge in [0.15, 0.2) is 11.3 Å². The molecule has 10 atom stereocenters. The van der Waals surface area contributed by atoms with Gasteiger partial charge < -0.3 is 69.9 Å². The highest BCUT2D eigenvalue weighted by Crippen LogP contribution is 2.36. The third kappa shape index (κ3) is 14.9. The maximum absolute atomic E-state index is 15.6. The standard InChI is InChI=1S/C65H92N12O16/c1-18-25-66-49-43(57(82)71-47-37(13)92-65(90)52(33(8)9)75(17)42(79)29-73(15)61(86)40-22-20-27-77(40)63(88)45(31(4)5)69-59(47)84)50-55(35(11)53(49)80)93-54-34(10)23-24-38(48(54)67-50)56(81)70-46-36(12)91-64(89)51(32(6)7)74(16)41(78)28-72(14)60(85)39-21-19-26-76(39)62(87)44(30(2)3)68-58(46)83/h23-24,30-33,36-37,39-40,44-47,51-52,66H,18-22,25-29H2,1-17H3,(H,68,83)(H,69,84)(H,70,81)(H,71,82)/t36-,37+,39-,40+,44-,45+,46+,47-,51+,52-/m1/s1. The predicted octanol–water partition coefficient (Wildman–Crippen LogP) is 1.97. The first-order chi connectivity index (χ1) is 43.6. The van der Waals surface area contributed by atoms with Gasteiger partial charge >= 0.3 is 11.9 Å². The maximum atomic E-state index is 15.6. The Balaban J connectivity index is 1.36. The first-order valence-electron chi connectivity index (χ1n) is 32.0. The molecule has 10 amide bonds. The summed E-state index contributed by atoms with van der Waals surface area (Å²) in [7, 11) is 5.63. The van der Waals surface area contributed by atoms with Gasteiger partial charge in [-0.3, -0.25) is 52.7 Å². The van der Waals surface area contributed by atoms with Crippen LogP contribution in [0.25, 0.3) is 22.6 Å². The van der Waals surface area contributed by atoms with Crippen molar-refractivity contribution in [3.05, 3.63) is 44.6 Å². The summed E-state index contributed by atoms with van der Waals surface area (Å²) in [5.41, 5.74) is -1.92. The zero-order valence-corrected chi connectivity index (χ0v) is 56.5. The lowest BCUT2D eigenvalue weighted by atomic mass is 9.98. The molecular weight excluding hydrogens is 1200 g/mol. The molecule has 0 aromatic heterocycles. The van der Waals surface area contributed by atoms with Gasteiger partial charge in [-0.2, -0.15) is 0 Å². The Morgan fingerprint density at radius 2 is 1.06 bits per heavy atom. The Hall–Kier alpha value is -8.72. The molecule has 1 aromatic carbocycles. The van der Waals surface area contributed by atoms with Crippen LogP contribution in [0.3, 0.4) is 0 Å². The van der Waals surface area contributed by atoms with E-state index in [0.29, 0.717) is 24.8 Å². The van der Waals surface area contributed by atoms with Gasteiger partial charge in [0.05, 0.1) is 29.9 Å². The van der Waals surface area contributed by atoms with E-state index in [-0.39, 0.29) is 71.8 Å². The van der Waals surface area contributed by atoms with Crippen LogP contribution in [0, 0.1) is 37.5 Å². The number of nitrogens with zero attached hydrogens (tertiary/aromatic N) is 7. The molecule has 5 aliphatic heterocycles. The van der Waals surface area contributed by atoms with Crippen molar-refractivity contribution >= 4 is 87.8 Å². The number of rotatable bonds is 11. The molecule has 4 fully saturated rings. The molecule has 1 aromatic rings. The van der Waals surface area contributed by atoms with Gasteiger partial charge in [-0.15, -0.1) is 0 Å². The number of cyclic esters (lactones) is 2. The molecule has 28 nitrogen and oxygen atoms in total. The van der Waals surface area contributed by atoms with E-state index < -0.39 is 179 Å². The lowest BCUT2D eigenvalue weighted by Crippen LogP contribution is -2.61. The van der Waals surface area contributed by atoms with Crippen molar-refractivity contribution in [1.82, 2.24) is 55.7 Å². The number of benzene rings is 2. The second kappa shape index (κ2) is 29.5. The number of carbonyl (C=O) groups excluding carboxylic acids is 12. The third-order valence-corrected chi connectivity index (χ3v) is 18.0. The Labute approximate surface area is 541 Å². The summed E-state index contributed by atoms with van der Waals surface area (Å²) in [5.74, 6) is -12.0. The van der Waals surface area contributed by atoms with E-state index in [4.69, 9.17) is 18.9 Å². The average Bonchev–Trinajstić information content (AvgIpc) is 1.24. The van der Waals surface area contributed by atoms with Crippen molar-refractivity contribution in [3.8, 4) is 11.5 Å². The highest BCUT2D eigenvalue weighted by Gasteiger charge is 2.47. The molecular formula is C65H92N12O16. The Kier molecular flexibility index (Phi) is 22.7. The Bertz CT molecular complexity index is 3470. The number of esters is 2. The molecule has 508 valence electrons. The zero-order valence-electron chi connectivity index (χ0n) is 56.5. The summed E-state index contributed by atoms with van der Waals surface area (Å²) in [6.07, 6.45) is -1.17. The van der Waals surface area contributed by atoms with E-state index in [1.807, 2.05) is 6.92 Å². The van der Waals surface area contributed by atoms with Gasteiger partial charge in [-0.25, -0.2) is 14.6 Å². The number of hydrogen-bond donors (Lipinski definition) is 5. The largest absolute Gasteiger partial charge is 0.458 e. The van der Waals surface area contributed by atoms with Crippen molar-refractivity contribution in [2.24, 2.45) is 23.7 Å². The fraction of sp³-hybridized carbons (Fsp3) is 0.631. The van der Waals surface area contributed by atoms with E-state index in [2.05, 4.69) is 26.6 Å². The van der Waals surface area contributed by atoms with Crippen LogP contribution in [-0.4, -0.2) is 227 Å². The van der Waals surface area contributed by atoms with Crippen LogP contribution in [0.1, 0.15) is 140 Å². The topological polar surface area (TPSA) is 346 Å². The van der Waals surface area contributed by atoms with Gasteiger partial charge in [0.25, 0.3) is 11.8 Å². The van der Waals surface area contributed by atoms with Crippen LogP contribution in [0.15, 0.2) is 21.3 Å². The summed E-state index contributed by atoms with van der Waals surface area (Å²) in [6.45, 7) is 20.6. The fourth-order valence-corrected chi connectivity index (χ4v) is 12.7. The monoisotopic (exact) mass is 1300 g/mol. The van der Waals surface area contributed by atoms with E-state index in [9.17, 15) is 47.9 Å². The first-order valence-corrected chi connectivity index (χ1v) is 32.0. The summed E-state index contributed by atoms with van der Waals surface area (Å²) >= 11 is 0. The molecule has 0 bridgehead atoms. The molecule has 28 heteroatoms. The number of hydrogen-bond acceptors (Lipinski definition) is 18. The number of anilines is 1. The lowest BCUT2D eigenvalue weighted by molar-refractivity contribution is -0.163. The van der Waals surface area contributed by atoms with Gasteiger partial charge in [-0.05, 0) is 95.1 Å². The zero-order chi connectivity index (χ0) is 69.1. The average molecular weight is 1300 g/mol. The van der Waals surface area contributed by atoms with Crippen LogP contribution in [0.5, 0.6) is 0 Å². The predicted molar refractivity (Wildman–Crippen MR) is 340 cm³/mol. The molecule has 4 saturated heterocycles. The minimum Gasteiger partial charge on any atom is -0.458 e. The summed E-state index contributed by atoms with van der Waals surface area (Å²) < 4.78 is 18.5. The van der Waals surface area contributed by atoms with Crippen molar-refractivity contribution in [3.63, 3.8) is 0 Å².